The van der Waals surface area contributed by atoms with Crippen molar-refractivity contribution in [2.75, 3.05) is 0 Å². The Morgan fingerprint density at radius 1 is 1.26 bits per heavy atom. The van der Waals surface area contributed by atoms with Crippen LogP contribution in [0.2, 0.25) is 0 Å². The third kappa shape index (κ3) is 2.87. The molecule has 2 aromatic heterocycles. The quantitative estimate of drug-likeness (QED) is 0.593. The summed E-state index contributed by atoms with van der Waals surface area (Å²) in [5.74, 6) is 0.728. The third-order valence-corrected chi connectivity index (χ3v) is 4.08. The number of nitrogens with zero attached hydrogens (tertiary/aromatic N) is 3. The number of rotatable bonds is 3. The van der Waals surface area contributed by atoms with E-state index in [0.717, 1.165) is 28.1 Å². The molecule has 0 unspecified atom stereocenters. The van der Waals surface area contributed by atoms with Crippen molar-refractivity contribution < 1.29 is 0 Å². The Kier molecular flexibility index (Phi) is 3.96. The smallest absolute Gasteiger partial charge is 0.160 e. The highest BCUT2D eigenvalue weighted by Crippen LogP contribution is 2.23. The number of aryl methyl sites for hydroxylation is 3. The number of benzene rings is 1. The van der Waals surface area contributed by atoms with Crippen molar-refractivity contribution in [2.45, 2.75) is 13.8 Å². The molecule has 0 fully saturated rings. The molecule has 0 aliphatic carbocycles. The summed E-state index contributed by atoms with van der Waals surface area (Å²) in [6.07, 6.45) is 3.75. The number of hydrogen-bond acceptors (Lipinski definition) is 3. The molecule has 0 aliphatic heterocycles. The number of thiocarbonyl (C=S) groups is 1. The first-order chi connectivity index (χ1) is 11.0. The van der Waals surface area contributed by atoms with Crippen molar-refractivity contribution in [2.24, 2.45) is 12.8 Å². The lowest BCUT2D eigenvalue weighted by atomic mass is 10.0. The van der Waals surface area contributed by atoms with Crippen LogP contribution in [-0.4, -0.2) is 19.5 Å². The minimum absolute atomic E-state index is 0.323. The zero-order chi connectivity index (χ0) is 16.6. The van der Waals surface area contributed by atoms with E-state index in [1.807, 2.05) is 29.8 Å². The Morgan fingerprint density at radius 3 is 2.70 bits per heavy atom. The van der Waals surface area contributed by atoms with E-state index in [4.69, 9.17) is 18.0 Å². The van der Waals surface area contributed by atoms with Gasteiger partial charge in [0.1, 0.15) is 16.3 Å². The summed E-state index contributed by atoms with van der Waals surface area (Å²) in [4.78, 5) is 9.33. The standard InChI is InChI=1S/C18H18N4S/c1-11-6-7-13(12(2)9-11)10-14(16(19)23)17-21-15-5-4-8-20-18(15)22(17)3/h4-10H,1-3H3,(H2,19,23)/b14-10+. The topological polar surface area (TPSA) is 56.7 Å². The van der Waals surface area contributed by atoms with Crippen molar-refractivity contribution in [3.05, 3.63) is 59.0 Å². The average Bonchev–Trinajstić information content (AvgIpc) is 2.83. The molecule has 0 bridgehead atoms. The minimum Gasteiger partial charge on any atom is -0.389 e. The molecule has 3 aromatic rings. The van der Waals surface area contributed by atoms with E-state index in [9.17, 15) is 0 Å². The van der Waals surface area contributed by atoms with Crippen LogP contribution >= 0.6 is 12.2 Å². The lowest BCUT2D eigenvalue weighted by Crippen LogP contribution is -2.13. The molecule has 5 heteroatoms. The zero-order valence-electron chi connectivity index (χ0n) is 13.4. The van der Waals surface area contributed by atoms with Gasteiger partial charge in [-0.1, -0.05) is 36.0 Å². The summed E-state index contributed by atoms with van der Waals surface area (Å²) in [5.41, 5.74) is 11.8. The summed E-state index contributed by atoms with van der Waals surface area (Å²) in [7, 11) is 1.92. The van der Waals surface area contributed by atoms with Gasteiger partial charge in [-0.3, -0.25) is 0 Å². The molecule has 0 atom stereocenters. The van der Waals surface area contributed by atoms with E-state index in [-0.39, 0.29) is 0 Å². The fraction of sp³-hybridized carbons (Fsp3) is 0.167. The van der Waals surface area contributed by atoms with E-state index in [1.165, 1.54) is 11.1 Å². The van der Waals surface area contributed by atoms with E-state index >= 15 is 0 Å². The molecule has 0 saturated carbocycles. The third-order valence-electron chi connectivity index (χ3n) is 3.86. The van der Waals surface area contributed by atoms with Gasteiger partial charge in [0.15, 0.2) is 5.65 Å². The molecule has 3 rings (SSSR count). The number of aromatic nitrogens is 3. The van der Waals surface area contributed by atoms with Crippen molar-refractivity contribution in [1.82, 2.24) is 14.5 Å². The normalized spacial score (nSPS) is 11.9. The first-order valence-corrected chi connectivity index (χ1v) is 7.75. The highest BCUT2D eigenvalue weighted by molar-refractivity contribution is 7.81. The summed E-state index contributed by atoms with van der Waals surface area (Å²) in [5, 5.41) is 0. The van der Waals surface area contributed by atoms with Crippen molar-refractivity contribution >= 4 is 40.0 Å². The van der Waals surface area contributed by atoms with Crippen molar-refractivity contribution in [3.63, 3.8) is 0 Å². The van der Waals surface area contributed by atoms with Gasteiger partial charge in [-0.2, -0.15) is 0 Å². The summed E-state index contributed by atoms with van der Waals surface area (Å²) >= 11 is 5.27. The van der Waals surface area contributed by atoms with Crippen molar-refractivity contribution in [1.29, 1.82) is 0 Å². The molecule has 4 nitrogen and oxygen atoms in total. The maximum absolute atomic E-state index is 5.98. The molecule has 0 saturated heterocycles. The van der Waals surface area contributed by atoms with Crippen LogP contribution in [0.4, 0.5) is 0 Å². The van der Waals surface area contributed by atoms with Crippen LogP contribution in [0.5, 0.6) is 0 Å². The average molecular weight is 322 g/mol. The Morgan fingerprint density at radius 2 is 2.04 bits per heavy atom. The Hall–Kier alpha value is -2.53. The molecular weight excluding hydrogens is 304 g/mol. The van der Waals surface area contributed by atoms with Crippen LogP contribution in [0.25, 0.3) is 22.8 Å². The number of nitrogens with two attached hydrogens (primary N) is 1. The fourth-order valence-corrected chi connectivity index (χ4v) is 2.80. The molecule has 0 spiro atoms. The largest absolute Gasteiger partial charge is 0.389 e. The monoisotopic (exact) mass is 322 g/mol. The van der Waals surface area contributed by atoms with Crippen molar-refractivity contribution in [3.8, 4) is 0 Å². The molecular formula is C18H18N4S. The van der Waals surface area contributed by atoms with E-state index in [1.54, 1.807) is 6.20 Å². The van der Waals surface area contributed by atoms with E-state index < -0.39 is 0 Å². The maximum atomic E-state index is 5.98. The Balaban J connectivity index is 2.20. The number of fused-ring (bicyclic) bond motifs is 1. The molecule has 1 aromatic carbocycles. The van der Waals surface area contributed by atoms with Crippen LogP contribution < -0.4 is 5.73 Å². The van der Waals surface area contributed by atoms with E-state index in [0.29, 0.717) is 4.99 Å². The lowest BCUT2D eigenvalue weighted by molar-refractivity contribution is 0.911. The van der Waals surface area contributed by atoms with Gasteiger partial charge in [0, 0.05) is 13.2 Å². The van der Waals surface area contributed by atoms with Gasteiger partial charge in [0.05, 0.1) is 5.57 Å². The van der Waals surface area contributed by atoms with Crippen LogP contribution in [0.3, 0.4) is 0 Å². The number of pyridine rings is 1. The van der Waals surface area contributed by atoms with Gasteiger partial charge < -0.3 is 10.3 Å². The minimum atomic E-state index is 0.323. The highest BCUT2D eigenvalue weighted by atomic mass is 32.1. The van der Waals surface area contributed by atoms with Crippen LogP contribution in [-0.2, 0) is 7.05 Å². The number of hydrogen-bond donors (Lipinski definition) is 1. The first-order valence-electron chi connectivity index (χ1n) is 7.34. The van der Waals surface area contributed by atoms with Gasteiger partial charge >= 0.3 is 0 Å². The van der Waals surface area contributed by atoms with Gasteiger partial charge in [-0.05, 0) is 43.2 Å². The Bertz CT molecular complexity index is 937. The Labute approximate surface area is 140 Å². The summed E-state index contributed by atoms with van der Waals surface area (Å²) in [6, 6.07) is 10.1. The van der Waals surface area contributed by atoms with E-state index in [2.05, 4.69) is 42.0 Å². The molecule has 2 heterocycles. The number of imidazole rings is 1. The van der Waals surface area contributed by atoms with Gasteiger partial charge in [-0.15, -0.1) is 0 Å². The maximum Gasteiger partial charge on any atom is 0.160 e. The molecule has 2 N–H and O–H groups in total. The summed E-state index contributed by atoms with van der Waals surface area (Å²) < 4.78 is 1.92. The second-order valence-electron chi connectivity index (χ2n) is 5.62. The van der Waals surface area contributed by atoms with Crippen LogP contribution in [0.15, 0.2) is 36.5 Å². The highest BCUT2D eigenvalue weighted by Gasteiger charge is 2.15. The zero-order valence-corrected chi connectivity index (χ0v) is 14.2. The van der Waals surface area contributed by atoms with Crippen LogP contribution in [0, 0.1) is 13.8 Å². The molecule has 0 amide bonds. The molecule has 116 valence electrons. The fourth-order valence-electron chi connectivity index (χ4n) is 2.65. The van der Waals surface area contributed by atoms with Gasteiger partial charge in [0.25, 0.3) is 0 Å². The predicted octanol–water partition coefficient (Wildman–Crippen LogP) is 3.41. The second-order valence-corrected chi connectivity index (χ2v) is 6.06. The first kappa shape index (κ1) is 15.4. The summed E-state index contributed by atoms with van der Waals surface area (Å²) in [6.45, 7) is 4.15. The van der Waals surface area contributed by atoms with Gasteiger partial charge in [-0.25, -0.2) is 9.97 Å². The molecule has 23 heavy (non-hydrogen) atoms. The molecule has 0 radical (unpaired) electrons. The SMILES string of the molecule is Cc1ccc(/C=C(\C(N)=S)c2nc3cccnc3n2C)c(C)c1. The predicted molar refractivity (Wildman–Crippen MR) is 99.1 cm³/mol. The second kappa shape index (κ2) is 5.93. The molecule has 0 aliphatic rings. The van der Waals surface area contributed by atoms with Crippen LogP contribution in [0.1, 0.15) is 22.5 Å². The van der Waals surface area contributed by atoms with Gasteiger partial charge in [0.2, 0.25) is 0 Å². The lowest BCUT2D eigenvalue weighted by Gasteiger charge is -2.08.